The standard InChI is InChI=1S/C24H30N2O5/c1-23(2,3)21(28)30-17-12-10-15(14-18(17)31-22(29)24(4,5)6)9-11-16-8-7-13-26-19(16)20(25)27/h7-8,10,12-14H,9,11H2,1-6H3,(H2,25,27). The SMILES string of the molecule is CC(C)(C)C(=O)Oc1ccc(CCc2cccnc2C(N)=O)cc1OC(=O)C(C)(C)C. The van der Waals surface area contributed by atoms with E-state index in [-0.39, 0.29) is 17.2 Å². The van der Waals surface area contributed by atoms with Crippen molar-refractivity contribution < 1.29 is 23.9 Å². The summed E-state index contributed by atoms with van der Waals surface area (Å²) in [5, 5.41) is 0. The molecule has 0 saturated carbocycles. The Labute approximate surface area is 183 Å². The molecule has 166 valence electrons. The van der Waals surface area contributed by atoms with Crippen molar-refractivity contribution in [2.45, 2.75) is 54.4 Å². The van der Waals surface area contributed by atoms with Gasteiger partial charge in [0.05, 0.1) is 10.8 Å². The number of hydrogen-bond acceptors (Lipinski definition) is 6. The van der Waals surface area contributed by atoms with Gasteiger partial charge in [-0.05, 0) is 83.7 Å². The molecule has 7 nitrogen and oxygen atoms in total. The summed E-state index contributed by atoms with van der Waals surface area (Å²) in [6.45, 7) is 10.5. The van der Waals surface area contributed by atoms with Crippen molar-refractivity contribution in [3.05, 3.63) is 53.3 Å². The highest BCUT2D eigenvalue weighted by atomic mass is 16.6. The summed E-state index contributed by atoms with van der Waals surface area (Å²) in [4.78, 5) is 40.4. The molecule has 0 aliphatic rings. The largest absolute Gasteiger partial charge is 0.422 e. The number of aromatic nitrogens is 1. The summed E-state index contributed by atoms with van der Waals surface area (Å²) in [5.41, 5.74) is 5.76. The quantitative estimate of drug-likeness (QED) is 0.555. The topological polar surface area (TPSA) is 109 Å². The average molecular weight is 427 g/mol. The van der Waals surface area contributed by atoms with E-state index in [2.05, 4.69) is 4.98 Å². The third-order valence-electron chi connectivity index (χ3n) is 4.45. The number of benzene rings is 1. The van der Waals surface area contributed by atoms with E-state index in [1.54, 1.807) is 71.9 Å². The molecule has 1 aromatic carbocycles. The van der Waals surface area contributed by atoms with Crippen LogP contribution in [0.25, 0.3) is 0 Å². The molecule has 0 radical (unpaired) electrons. The fourth-order valence-electron chi connectivity index (χ4n) is 2.52. The maximum atomic E-state index is 12.5. The van der Waals surface area contributed by atoms with Crippen LogP contribution in [0.2, 0.25) is 0 Å². The second-order valence-electron chi connectivity index (χ2n) is 9.44. The van der Waals surface area contributed by atoms with Gasteiger partial charge in [0.25, 0.3) is 5.91 Å². The highest BCUT2D eigenvalue weighted by Crippen LogP contribution is 2.33. The Bertz CT molecular complexity index is 984. The second kappa shape index (κ2) is 9.29. The van der Waals surface area contributed by atoms with E-state index in [1.807, 2.05) is 0 Å². The smallest absolute Gasteiger partial charge is 0.316 e. The van der Waals surface area contributed by atoms with E-state index in [0.717, 1.165) is 11.1 Å². The number of hydrogen-bond donors (Lipinski definition) is 1. The van der Waals surface area contributed by atoms with Gasteiger partial charge in [-0.2, -0.15) is 0 Å². The number of primary amides is 1. The number of amides is 1. The highest BCUT2D eigenvalue weighted by Gasteiger charge is 2.28. The third-order valence-corrected chi connectivity index (χ3v) is 4.45. The molecule has 1 aromatic heterocycles. The first-order chi connectivity index (χ1) is 14.3. The van der Waals surface area contributed by atoms with Crippen molar-refractivity contribution in [2.75, 3.05) is 0 Å². The van der Waals surface area contributed by atoms with Crippen molar-refractivity contribution >= 4 is 17.8 Å². The van der Waals surface area contributed by atoms with E-state index in [4.69, 9.17) is 15.2 Å². The minimum absolute atomic E-state index is 0.177. The van der Waals surface area contributed by atoms with Gasteiger partial charge in [0.2, 0.25) is 0 Å². The van der Waals surface area contributed by atoms with Crippen LogP contribution < -0.4 is 15.2 Å². The predicted molar refractivity (Wildman–Crippen MR) is 117 cm³/mol. The second-order valence-corrected chi connectivity index (χ2v) is 9.44. The third kappa shape index (κ3) is 6.64. The number of nitrogens with zero attached hydrogens (tertiary/aromatic N) is 1. The normalized spacial score (nSPS) is 11.7. The molecule has 1 amide bonds. The number of aryl methyl sites for hydroxylation is 2. The Morgan fingerprint density at radius 1 is 0.871 bits per heavy atom. The molecule has 7 heteroatoms. The van der Waals surface area contributed by atoms with E-state index in [9.17, 15) is 14.4 Å². The molecule has 0 saturated heterocycles. The minimum Gasteiger partial charge on any atom is -0.422 e. The molecule has 0 aliphatic heterocycles. The van der Waals surface area contributed by atoms with Crippen molar-refractivity contribution in [1.29, 1.82) is 0 Å². The number of rotatable bonds is 6. The molecule has 0 aliphatic carbocycles. The molecule has 0 unspecified atom stereocenters. The first-order valence-corrected chi connectivity index (χ1v) is 10.1. The van der Waals surface area contributed by atoms with E-state index in [1.165, 1.54) is 6.20 Å². The first-order valence-electron chi connectivity index (χ1n) is 10.1. The van der Waals surface area contributed by atoms with Crippen molar-refractivity contribution in [2.24, 2.45) is 16.6 Å². The van der Waals surface area contributed by atoms with E-state index in [0.29, 0.717) is 12.8 Å². The molecule has 2 rings (SSSR count). The zero-order valence-electron chi connectivity index (χ0n) is 18.9. The number of esters is 2. The first kappa shape index (κ1) is 24.1. The van der Waals surface area contributed by atoms with Crippen LogP contribution in [-0.2, 0) is 22.4 Å². The van der Waals surface area contributed by atoms with Crippen LogP contribution >= 0.6 is 0 Å². The summed E-state index contributed by atoms with van der Waals surface area (Å²) in [6, 6.07) is 8.62. The fraction of sp³-hybridized carbons (Fsp3) is 0.417. The van der Waals surface area contributed by atoms with Crippen LogP contribution in [0.3, 0.4) is 0 Å². The van der Waals surface area contributed by atoms with Gasteiger partial charge in [0.1, 0.15) is 5.69 Å². The van der Waals surface area contributed by atoms with Gasteiger partial charge in [-0.25, -0.2) is 0 Å². The monoisotopic (exact) mass is 426 g/mol. The average Bonchev–Trinajstić information content (AvgIpc) is 2.66. The highest BCUT2D eigenvalue weighted by molar-refractivity contribution is 5.92. The minimum atomic E-state index is -0.729. The number of ether oxygens (including phenoxy) is 2. The Morgan fingerprint density at radius 3 is 2.00 bits per heavy atom. The summed E-state index contributed by atoms with van der Waals surface area (Å²) < 4.78 is 11.1. The van der Waals surface area contributed by atoms with Gasteiger partial charge in [-0.3, -0.25) is 19.4 Å². The maximum Gasteiger partial charge on any atom is 0.316 e. The van der Waals surface area contributed by atoms with Crippen molar-refractivity contribution in [1.82, 2.24) is 4.98 Å². The molecule has 0 atom stereocenters. The Kier molecular flexibility index (Phi) is 7.21. The lowest BCUT2D eigenvalue weighted by atomic mass is 9.97. The van der Waals surface area contributed by atoms with Gasteiger partial charge in [0, 0.05) is 6.20 Å². The molecule has 2 aromatic rings. The fourth-order valence-corrected chi connectivity index (χ4v) is 2.52. The lowest BCUT2D eigenvalue weighted by Gasteiger charge is -2.21. The zero-order valence-corrected chi connectivity index (χ0v) is 18.9. The van der Waals surface area contributed by atoms with Crippen LogP contribution in [0, 0.1) is 10.8 Å². The summed E-state index contributed by atoms with van der Waals surface area (Å²) >= 11 is 0. The molecular weight excluding hydrogens is 396 g/mol. The maximum absolute atomic E-state index is 12.5. The number of carbonyl (C=O) groups excluding carboxylic acids is 3. The molecule has 0 fully saturated rings. The number of carbonyl (C=O) groups is 3. The lowest BCUT2D eigenvalue weighted by Crippen LogP contribution is -2.28. The van der Waals surface area contributed by atoms with Crippen molar-refractivity contribution in [3.63, 3.8) is 0 Å². The van der Waals surface area contributed by atoms with Gasteiger partial charge < -0.3 is 15.2 Å². The molecule has 0 spiro atoms. The molecule has 0 bridgehead atoms. The summed E-state index contributed by atoms with van der Waals surface area (Å²) in [7, 11) is 0. The van der Waals surface area contributed by atoms with E-state index < -0.39 is 28.7 Å². The summed E-state index contributed by atoms with van der Waals surface area (Å²) in [5.74, 6) is -1.10. The lowest BCUT2D eigenvalue weighted by molar-refractivity contribution is -0.145. The van der Waals surface area contributed by atoms with Gasteiger partial charge in [0.15, 0.2) is 11.5 Å². The Morgan fingerprint density at radius 2 is 1.45 bits per heavy atom. The molecular formula is C24H30N2O5. The predicted octanol–water partition coefficient (Wildman–Crippen LogP) is 3.87. The zero-order chi connectivity index (χ0) is 23.4. The Hall–Kier alpha value is -3.22. The molecule has 2 N–H and O–H groups in total. The van der Waals surface area contributed by atoms with Crippen LogP contribution in [0.5, 0.6) is 11.5 Å². The number of pyridine rings is 1. The van der Waals surface area contributed by atoms with E-state index >= 15 is 0 Å². The van der Waals surface area contributed by atoms with Crippen LogP contribution in [0.4, 0.5) is 0 Å². The van der Waals surface area contributed by atoms with Gasteiger partial charge in [-0.1, -0.05) is 12.1 Å². The van der Waals surface area contributed by atoms with Gasteiger partial charge in [-0.15, -0.1) is 0 Å². The van der Waals surface area contributed by atoms with Crippen LogP contribution in [0.15, 0.2) is 36.5 Å². The van der Waals surface area contributed by atoms with Crippen molar-refractivity contribution in [3.8, 4) is 11.5 Å². The van der Waals surface area contributed by atoms with Crippen LogP contribution in [0.1, 0.15) is 63.2 Å². The molecule has 31 heavy (non-hydrogen) atoms. The van der Waals surface area contributed by atoms with Gasteiger partial charge >= 0.3 is 11.9 Å². The summed E-state index contributed by atoms with van der Waals surface area (Å²) in [6.07, 6.45) is 2.57. The Balaban J connectivity index is 2.31. The molecule has 1 heterocycles. The number of nitrogens with two attached hydrogens (primary N) is 1. The van der Waals surface area contributed by atoms with Crippen LogP contribution in [-0.4, -0.2) is 22.8 Å².